The lowest BCUT2D eigenvalue weighted by Crippen LogP contribution is -2.38. The molecule has 29 heavy (non-hydrogen) atoms. The molecule has 1 aliphatic rings. The summed E-state index contributed by atoms with van der Waals surface area (Å²) >= 11 is 0. The molecule has 0 radical (unpaired) electrons. The molecular weight excluding hydrogens is 375 g/mol. The summed E-state index contributed by atoms with van der Waals surface area (Å²) in [6, 6.07) is 7.63. The van der Waals surface area contributed by atoms with Crippen molar-refractivity contribution in [2.24, 2.45) is 5.92 Å². The zero-order valence-electron chi connectivity index (χ0n) is 17.0. The van der Waals surface area contributed by atoms with Gasteiger partial charge in [-0.1, -0.05) is 24.3 Å². The molecule has 2 atom stereocenters. The van der Waals surface area contributed by atoms with Crippen molar-refractivity contribution in [1.29, 1.82) is 5.26 Å². The summed E-state index contributed by atoms with van der Waals surface area (Å²) in [4.78, 5) is 26.2. The standard InChI is InChI=1S/C22H25FN2O4/c1-5-28-19(26)18(15-24)22(16-7-9-17(23)10-8-16)11-6-13-25(14-12-22)20(27)29-21(2,3)4/h6-10,12-14,18H,5,11H2,1-4H3. The molecule has 0 bridgehead atoms. The van der Waals surface area contributed by atoms with Crippen LogP contribution in [-0.4, -0.2) is 29.2 Å². The van der Waals surface area contributed by atoms with E-state index in [1.54, 1.807) is 39.8 Å². The van der Waals surface area contributed by atoms with Gasteiger partial charge in [-0.3, -0.25) is 9.69 Å². The normalized spacial score (nSPS) is 19.8. The van der Waals surface area contributed by atoms with Crippen LogP contribution in [0, 0.1) is 23.1 Å². The molecule has 1 aromatic carbocycles. The smallest absolute Gasteiger partial charge is 0.418 e. The Morgan fingerprint density at radius 3 is 2.48 bits per heavy atom. The Bertz CT molecular complexity index is 849. The Labute approximate surface area is 170 Å². The molecule has 0 aliphatic carbocycles. The maximum atomic E-state index is 13.5. The lowest BCUT2D eigenvalue weighted by atomic mass is 9.68. The molecule has 0 saturated heterocycles. The van der Waals surface area contributed by atoms with Crippen LogP contribution in [0.4, 0.5) is 9.18 Å². The van der Waals surface area contributed by atoms with E-state index in [0.717, 1.165) is 0 Å². The van der Waals surface area contributed by atoms with E-state index < -0.39 is 34.8 Å². The lowest BCUT2D eigenvalue weighted by molar-refractivity contribution is -0.147. The number of nitriles is 1. The van der Waals surface area contributed by atoms with Gasteiger partial charge in [0.2, 0.25) is 0 Å². The second kappa shape index (κ2) is 8.91. The van der Waals surface area contributed by atoms with Crippen LogP contribution in [-0.2, 0) is 19.7 Å². The number of allylic oxidation sites excluding steroid dienone is 2. The largest absolute Gasteiger partial charge is 0.465 e. The molecule has 2 rings (SSSR count). The number of amides is 1. The van der Waals surface area contributed by atoms with Gasteiger partial charge in [-0.2, -0.15) is 5.26 Å². The molecule has 6 nitrogen and oxygen atoms in total. The second-order valence-corrected chi connectivity index (χ2v) is 7.65. The Morgan fingerprint density at radius 1 is 1.28 bits per heavy atom. The van der Waals surface area contributed by atoms with Crippen molar-refractivity contribution in [2.45, 2.75) is 45.1 Å². The Balaban J connectivity index is 2.51. The van der Waals surface area contributed by atoms with Gasteiger partial charge in [0.1, 0.15) is 11.4 Å². The topological polar surface area (TPSA) is 79.6 Å². The Hall–Kier alpha value is -3.14. The van der Waals surface area contributed by atoms with Gasteiger partial charge in [-0.25, -0.2) is 9.18 Å². The minimum absolute atomic E-state index is 0.125. The monoisotopic (exact) mass is 400 g/mol. The quantitative estimate of drug-likeness (QED) is 0.699. The number of ether oxygens (including phenoxy) is 2. The summed E-state index contributed by atoms with van der Waals surface area (Å²) < 4.78 is 24.0. The molecule has 1 heterocycles. The average molecular weight is 400 g/mol. The maximum absolute atomic E-state index is 13.5. The maximum Gasteiger partial charge on any atom is 0.418 e. The molecule has 2 unspecified atom stereocenters. The fraction of sp³-hybridized carbons (Fsp3) is 0.409. The van der Waals surface area contributed by atoms with Crippen LogP contribution in [0.2, 0.25) is 0 Å². The van der Waals surface area contributed by atoms with Gasteiger partial charge >= 0.3 is 12.1 Å². The molecule has 1 aliphatic heterocycles. The van der Waals surface area contributed by atoms with Crippen LogP contribution in [0.3, 0.4) is 0 Å². The molecule has 0 aromatic heterocycles. The van der Waals surface area contributed by atoms with Gasteiger partial charge in [-0.05, 0) is 51.8 Å². The number of hydrogen-bond donors (Lipinski definition) is 0. The first-order valence-corrected chi connectivity index (χ1v) is 9.32. The number of rotatable bonds is 4. The molecule has 7 heteroatoms. The second-order valence-electron chi connectivity index (χ2n) is 7.65. The van der Waals surface area contributed by atoms with E-state index >= 15 is 0 Å². The molecule has 1 amide bonds. The molecular formula is C22H25FN2O4. The number of hydrogen-bond acceptors (Lipinski definition) is 5. The van der Waals surface area contributed by atoms with Crippen molar-refractivity contribution < 1.29 is 23.5 Å². The van der Waals surface area contributed by atoms with Gasteiger partial charge in [0.25, 0.3) is 0 Å². The van der Waals surface area contributed by atoms with Crippen molar-refractivity contribution in [3.63, 3.8) is 0 Å². The van der Waals surface area contributed by atoms with Gasteiger partial charge in [0.05, 0.1) is 12.7 Å². The number of esters is 1. The van der Waals surface area contributed by atoms with E-state index in [4.69, 9.17) is 9.47 Å². The van der Waals surface area contributed by atoms with Gasteiger partial charge in [0.15, 0.2) is 5.92 Å². The summed E-state index contributed by atoms with van der Waals surface area (Å²) in [5.41, 5.74) is -1.26. The summed E-state index contributed by atoms with van der Waals surface area (Å²) in [6.07, 6.45) is 5.90. The molecule has 154 valence electrons. The van der Waals surface area contributed by atoms with Gasteiger partial charge in [0, 0.05) is 17.8 Å². The number of carbonyl (C=O) groups excluding carboxylic acids is 2. The van der Waals surface area contributed by atoms with Crippen molar-refractivity contribution in [3.05, 3.63) is 60.2 Å². The number of carbonyl (C=O) groups is 2. The van der Waals surface area contributed by atoms with Gasteiger partial charge in [-0.15, -0.1) is 0 Å². The predicted octanol–water partition coefficient (Wildman–Crippen LogP) is 4.43. The van der Waals surface area contributed by atoms with Crippen LogP contribution < -0.4 is 0 Å². The predicted molar refractivity (Wildman–Crippen MR) is 105 cm³/mol. The fourth-order valence-electron chi connectivity index (χ4n) is 3.09. The molecule has 1 aromatic rings. The minimum atomic E-state index is -1.19. The van der Waals surface area contributed by atoms with Crippen molar-refractivity contribution in [3.8, 4) is 6.07 Å². The van der Waals surface area contributed by atoms with Gasteiger partial charge < -0.3 is 9.47 Å². The minimum Gasteiger partial charge on any atom is -0.465 e. The van der Waals surface area contributed by atoms with Crippen molar-refractivity contribution >= 4 is 12.1 Å². The Kier molecular flexibility index (Phi) is 6.80. The highest BCUT2D eigenvalue weighted by molar-refractivity contribution is 5.79. The summed E-state index contributed by atoms with van der Waals surface area (Å²) in [5, 5.41) is 9.79. The summed E-state index contributed by atoms with van der Waals surface area (Å²) in [6.45, 7) is 7.05. The third-order valence-corrected chi connectivity index (χ3v) is 4.41. The van der Waals surface area contributed by atoms with E-state index in [-0.39, 0.29) is 13.0 Å². The highest BCUT2D eigenvalue weighted by Gasteiger charge is 2.44. The fourth-order valence-corrected chi connectivity index (χ4v) is 3.09. The molecule has 0 fully saturated rings. The van der Waals surface area contributed by atoms with E-state index in [1.165, 1.54) is 41.6 Å². The number of halogens is 1. The van der Waals surface area contributed by atoms with Crippen LogP contribution in [0.1, 0.15) is 39.7 Å². The molecule has 0 spiro atoms. The SMILES string of the molecule is CCOC(=O)C(C#N)C1(c2ccc(F)cc2)C=CN(C(=O)OC(C)(C)C)C=CC1. The van der Waals surface area contributed by atoms with Crippen LogP contribution in [0.25, 0.3) is 0 Å². The zero-order chi connectivity index (χ0) is 21.7. The Morgan fingerprint density at radius 2 is 1.93 bits per heavy atom. The highest BCUT2D eigenvalue weighted by Crippen LogP contribution is 2.40. The van der Waals surface area contributed by atoms with Crippen LogP contribution >= 0.6 is 0 Å². The number of nitrogens with zero attached hydrogens (tertiary/aromatic N) is 2. The summed E-state index contributed by atoms with van der Waals surface area (Å²) in [7, 11) is 0. The molecule has 0 saturated carbocycles. The first kappa shape index (κ1) is 22.2. The van der Waals surface area contributed by atoms with E-state index in [2.05, 4.69) is 0 Å². The van der Waals surface area contributed by atoms with Crippen LogP contribution in [0.15, 0.2) is 48.8 Å². The zero-order valence-corrected chi connectivity index (χ0v) is 17.0. The third kappa shape index (κ3) is 5.23. The van der Waals surface area contributed by atoms with Crippen molar-refractivity contribution in [2.75, 3.05) is 6.61 Å². The first-order valence-electron chi connectivity index (χ1n) is 9.32. The lowest BCUT2D eigenvalue weighted by Gasteiger charge is -2.33. The van der Waals surface area contributed by atoms with Crippen LogP contribution in [0.5, 0.6) is 0 Å². The van der Waals surface area contributed by atoms with Crippen molar-refractivity contribution in [1.82, 2.24) is 4.90 Å². The third-order valence-electron chi connectivity index (χ3n) is 4.41. The van der Waals surface area contributed by atoms with E-state index in [1.807, 2.05) is 6.07 Å². The average Bonchev–Trinajstić information content (AvgIpc) is 2.86. The summed E-state index contributed by atoms with van der Waals surface area (Å²) in [5.74, 6) is -2.30. The van der Waals surface area contributed by atoms with E-state index in [0.29, 0.717) is 5.56 Å². The highest BCUT2D eigenvalue weighted by atomic mass is 19.1. The van der Waals surface area contributed by atoms with E-state index in [9.17, 15) is 19.2 Å². The first-order chi connectivity index (χ1) is 13.6. The molecule has 0 N–H and O–H groups in total. The number of benzene rings is 1.